The lowest BCUT2D eigenvalue weighted by atomic mass is 10.2. The number of imidazole rings is 1. The Kier molecular flexibility index (Phi) is 3.40. The van der Waals surface area contributed by atoms with Crippen LogP contribution in [0.25, 0.3) is 5.70 Å². The molecule has 1 unspecified atom stereocenters. The van der Waals surface area contributed by atoms with Crippen molar-refractivity contribution in [2.45, 2.75) is 6.04 Å². The molecule has 1 fully saturated rings. The van der Waals surface area contributed by atoms with Crippen LogP contribution in [0.1, 0.15) is 0 Å². The van der Waals surface area contributed by atoms with Gasteiger partial charge in [-0.3, -0.25) is 0 Å². The molecule has 3 rings (SSSR count). The molecule has 2 amide bonds. The summed E-state index contributed by atoms with van der Waals surface area (Å²) in [6.45, 7) is 1.02. The van der Waals surface area contributed by atoms with Gasteiger partial charge < -0.3 is 9.47 Å². The van der Waals surface area contributed by atoms with E-state index in [0.29, 0.717) is 25.4 Å². The zero-order valence-electron chi connectivity index (χ0n) is 9.58. The van der Waals surface area contributed by atoms with E-state index in [-0.39, 0.29) is 12.1 Å². The van der Waals surface area contributed by atoms with Crippen molar-refractivity contribution in [3.63, 3.8) is 0 Å². The standard InChI is InChI=1S/C9H10N4O5S/c14-9-12-4-7(11-2-1-10-6-11)3-8(5-12)13(9)16-19-18-17-15/h1-3,6,8,15H,4-5H2. The van der Waals surface area contributed by atoms with Crippen LogP contribution in [0.4, 0.5) is 4.79 Å². The van der Waals surface area contributed by atoms with Gasteiger partial charge in [-0.25, -0.2) is 15.0 Å². The average Bonchev–Trinajstić information content (AvgIpc) is 3.02. The van der Waals surface area contributed by atoms with E-state index < -0.39 is 0 Å². The van der Waals surface area contributed by atoms with Gasteiger partial charge in [0.25, 0.3) is 0 Å². The molecule has 0 spiro atoms. The van der Waals surface area contributed by atoms with Gasteiger partial charge in [-0.05, 0) is 6.08 Å². The lowest BCUT2D eigenvalue weighted by molar-refractivity contribution is -0.435. The normalized spacial score (nSPS) is 22.1. The highest BCUT2D eigenvalue weighted by Crippen LogP contribution is 2.28. The molecule has 3 heterocycles. The van der Waals surface area contributed by atoms with Crippen molar-refractivity contribution in [3.8, 4) is 0 Å². The Morgan fingerprint density at radius 2 is 2.42 bits per heavy atom. The number of nitrogens with zero attached hydrogens (tertiary/aromatic N) is 4. The van der Waals surface area contributed by atoms with Gasteiger partial charge in [0, 0.05) is 24.6 Å². The van der Waals surface area contributed by atoms with E-state index in [1.165, 1.54) is 0 Å². The van der Waals surface area contributed by atoms with E-state index >= 15 is 0 Å². The lowest BCUT2D eigenvalue weighted by Crippen LogP contribution is -2.31. The van der Waals surface area contributed by atoms with E-state index in [0.717, 1.165) is 10.8 Å². The Bertz CT molecular complexity index is 493. The van der Waals surface area contributed by atoms with Crippen LogP contribution >= 0.6 is 12.3 Å². The molecule has 102 valence electrons. The molecule has 0 aromatic carbocycles. The number of urea groups is 1. The van der Waals surface area contributed by atoms with Gasteiger partial charge in [0.15, 0.2) is 0 Å². The highest BCUT2D eigenvalue weighted by atomic mass is 32.2. The minimum atomic E-state index is -0.273. The highest BCUT2D eigenvalue weighted by molar-refractivity contribution is 7.89. The fourth-order valence-corrected chi connectivity index (χ4v) is 2.41. The van der Waals surface area contributed by atoms with Crippen LogP contribution in [0.2, 0.25) is 0 Å². The summed E-state index contributed by atoms with van der Waals surface area (Å²) in [6, 6.07) is -0.501. The second-order valence-corrected chi connectivity index (χ2v) is 4.39. The Hall–Kier alpha value is -1.59. The number of carbonyl (C=O) groups excluding carboxylic acids is 1. The first-order valence-corrected chi connectivity index (χ1v) is 6.05. The van der Waals surface area contributed by atoms with Crippen molar-refractivity contribution in [2.24, 2.45) is 0 Å². The molecule has 2 aliphatic rings. The number of rotatable bonds is 5. The Morgan fingerprint density at radius 3 is 3.16 bits per heavy atom. The third-order valence-electron chi connectivity index (χ3n) is 2.91. The topological polar surface area (TPSA) is 89.3 Å². The summed E-state index contributed by atoms with van der Waals surface area (Å²) in [5.74, 6) is 0. The van der Waals surface area contributed by atoms with Crippen molar-refractivity contribution in [2.75, 3.05) is 13.1 Å². The maximum Gasteiger partial charge on any atom is 0.346 e. The fourth-order valence-electron chi connectivity index (χ4n) is 2.12. The van der Waals surface area contributed by atoms with Crippen LogP contribution < -0.4 is 0 Å². The first-order chi connectivity index (χ1) is 9.29. The monoisotopic (exact) mass is 286 g/mol. The number of amides is 2. The van der Waals surface area contributed by atoms with Crippen molar-refractivity contribution >= 4 is 24.1 Å². The molecule has 9 nitrogen and oxygen atoms in total. The number of hydroxylamine groups is 2. The Labute approximate surface area is 112 Å². The fraction of sp³-hybridized carbons (Fsp3) is 0.333. The van der Waals surface area contributed by atoms with E-state index in [1.807, 2.05) is 16.8 Å². The lowest BCUT2D eigenvalue weighted by Gasteiger charge is -2.21. The summed E-state index contributed by atoms with van der Waals surface area (Å²) in [6.07, 6.45) is 7.07. The molecule has 1 saturated heterocycles. The quantitative estimate of drug-likeness (QED) is 0.370. The van der Waals surface area contributed by atoms with Crippen molar-refractivity contribution < 1.29 is 23.7 Å². The van der Waals surface area contributed by atoms with Gasteiger partial charge in [-0.15, -0.1) is 4.33 Å². The molecule has 0 saturated carbocycles. The molecule has 1 atom stereocenters. The largest absolute Gasteiger partial charge is 0.346 e. The van der Waals surface area contributed by atoms with E-state index in [1.54, 1.807) is 17.4 Å². The minimum absolute atomic E-state index is 0.228. The van der Waals surface area contributed by atoms with Crippen molar-refractivity contribution in [3.05, 3.63) is 24.8 Å². The summed E-state index contributed by atoms with van der Waals surface area (Å²) in [5, 5.41) is 12.5. The van der Waals surface area contributed by atoms with Crippen LogP contribution in [0, 0.1) is 0 Å². The number of aromatic nitrogens is 2. The molecular formula is C9H10N4O5S. The molecule has 2 bridgehead atoms. The summed E-state index contributed by atoms with van der Waals surface area (Å²) in [5.41, 5.74) is 0.942. The van der Waals surface area contributed by atoms with Crippen LogP contribution in [0.3, 0.4) is 0 Å². The molecule has 0 aliphatic carbocycles. The zero-order valence-corrected chi connectivity index (χ0v) is 10.4. The van der Waals surface area contributed by atoms with Gasteiger partial charge in [-0.2, -0.15) is 9.35 Å². The van der Waals surface area contributed by atoms with Gasteiger partial charge >= 0.3 is 6.03 Å². The maximum atomic E-state index is 12.0. The third kappa shape index (κ3) is 2.31. The van der Waals surface area contributed by atoms with Gasteiger partial charge in [0.1, 0.15) is 6.04 Å². The van der Waals surface area contributed by atoms with Crippen LogP contribution in [0.5, 0.6) is 0 Å². The number of fused-ring (bicyclic) bond motifs is 2. The second kappa shape index (κ2) is 5.19. The predicted molar refractivity (Wildman–Crippen MR) is 62.6 cm³/mol. The first-order valence-electron chi connectivity index (χ1n) is 5.38. The summed E-state index contributed by atoms with van der Waals surface area (Å²) < 4.78 is 11.0. The Balaban J connectivity index is 1.74. The maximum absolute atomic E-state index is 12.0. The molecule has 0 radical (unpaired) electrons. The molecule has 1 aromatic heterocycles. The van der Waals surface area contributed by atoms with Crippen LogP contribution in [-0.2, 0) is 13.7 Å². The third-order valence-corrected chi connectivity index (χ3v) is 3.25. The second-order valence-electron chi connectivity index (χ2n) is 3.97. The van der Waals surface area contributed by atoms with Crippen LogP contribution in [-0.4, -0.2) is 49.9 Å². The first kappa shape index (κ1) is 12.4. The van der Waals surface area contributed by atoms with E-state index in [2.05, 4.69) is 14.4 Å². The molecular weight excluding hydrogens is 276 g/mol. The van der Waals surface area contributed by atoms with Gasteiger partial charge in [0.2, 0.25) is 12.3 Å². The van der Waals surface area contributed by atoms with Gasteiger partial charge in [0.05, 0.1) is 12.9 Å². The van der Waals surface area contributed by atoms with Gasteiger partial charge in [-0.1, -0.05) is 5.04 Å². The number of carbonyl (C=O) groups is 1. The van der Waals surface area contributed by atoms with Crippen molar-refractivity contribution in [1.29, 1.82) is 0 Å². The molecule has 10 heteroatoms. The predicted octanol–water partition coefficient (Wildman–Crippen LogP) is 0.760. The molecule has 1 aromatic rings. The molecule has 19 heavy (non-hydrogen) atoms. The van der Waals surface area contributed by atoms with Crippen LogP contribution in [0.15, 0.2) is 24.8 Å². The summed E-state index contributed by atoms with van der Waals surface area (Å²) in [4.78, 5) is 17.6. The van der Waals surface area contributed by atoms with E-state index in [9.17, 15) is 4.79 Å². The SMILES string of the molecule is O=C1N2CC(n3ccnc3)=CC(C2)N1OSOOO. The minimum Gasteiger partial charge on any atom is -0.314 e. The van der Waals surface area contributed by atoms with Crippen molar-refractivity contribution in [1.82, 2.24) is 19.5 Å². The average molecular weight is 286 g/mol. The molecule has 2 aliphatic heterocycles. The summed E-state index contributed by atoms with van der Waals surface area (Å²) in [7, 11) is 0. The highest BCUT2D eigenvalue weighted by Gasteiger charge is 2.41. The van der Waals surface area contributed by atoms with E-state index in [4.69, 9.17) is 9.54 Å². The number of hydrogen-bond acceptors (Lipinski definition) is 7. The smallest absolute Gasteiger partial charge is 0.314 e. The zero-order chi connectivity index (χ0) is 13.2. The summed E-state index contributed by atoms with van der Waals surface area (Å²) >= 11 is 0.360. The molecule has 1 N–H and O–H groups in total. The number of hydrogen-bond donors (Lipinski definition) is 1. The Morgan fingerprint density at radius 1 is 1.53 bits per heavy atom.